The van der Waals surface area contributed by atoms with Crippen molar-refractivity contribution < 1.29 is 23.8 Å². The van der Waals surface area contributed by atoms with Crippen LogP contribution in [0.25, 0.3) is 0 Å². The van der Waals surface area contributed by atoms with Crippen molar-refractivity contribution in [2.75, 3.05) is 10.7 Å². The summed E-state index contributed by atoms with van der Waals surface area (Å²) in [5, 5.41) is 8.42. The van der Waals surface area contributed by atoms with Crippen LogP contribution < -0.4 is 16.6 Å². The van der Waals surface area contributed by atoms with Gasteiger partial charge < -0.3 is 19.9 Å². The first-order chi connectivity index (χ1) is 11.8. The molecule has 1 saturated heterocycles. The maximum absolute atomic E-state index is 11.5. The van der Waals surface area contributed by atoms with Gasteiger partial charge in [-0.3, -0.25) is 14.6 Å². The molecule has 138 valence electrons. The predicted octanol–water partition coefficient (Wildman–Crippen LogP) is 0.391. The Labute approximate surface area is 149 Å². The molecule has 0 saturated carbocycles. The van der Waals surface area contributed by atoms with E-state index in [2.05, 4.69) is 10.2 Å². The molecule has 0 bridgehead atoms. The summed E-state index contributed by atoms with van der Waals surface area (Å²) >= 11 is 5.86. The van der Waals surface area contributed by atoms with Gasteiger partial charge in [-0.25, -0.2) is 5.84 Å². The van der Waals surface area contributed by atoms with E-state index in [0.29, 0.717) is 6.42 Å². The van der Waals surface area contributed by atoms with E-state index < -0.39 is 36.5 Å². The zero-order chi connectivity index (χ0) is 18.7. The highest BCUT2D eigenvalue weighted by molar-refractivity contribution is 6.32. The Morgan fingerprint density at radius 1 is 1.32 bits per heavy atom. The van der Waals surface area contributed by atoms with Gasteiger partial charge in [0.1, 0.15) is 11.8 Å². The molecule has 1 aromatic rings. The van der Waals surface area contributed by atoms with E-state index in [1.165, 1.54) is 20.0 Å². The molecular formula is C14H20ClN5O5. The molecule has 2 rings (SSSR count). The molecule has 2 heterocycles. The van der Waals surface area contributed by atoms with Crippen molar-refractivity contribution in [3.63, 3.8) is 0 Å². The Kier molecular flexibility index (Phi) is 5.98. The minimum Gasteiger partial charge on any atom is -0.456 e. The SMILES string of the molecule is CCC1OC(N(N)c2cnnc(Cl)c2N)C(OC(C)=O)C1OC(C)=O. The summed E-state index contributed by atoms with van der Waals surface area (Å²) in [5.74, 6) is 5.02. The number of anilines is 2. The second-order valence-corrected chi connectivity index (χ2v) is 5.82. The molecule has 1 aliphatic rings. The van der Waals surface area contributed by atoms with Crippen LogP contribution >= 0.6 is 11.6 Å². The van der Waals surface area contributed by atoms with Crippen LogP contribution in [0.2, 0.25) is 5.15 Å². The number of hydrogen-bond donors (Lipinski definition) is 2. The highest BCUT2D eigenvalue weighted by Crippen LogP contribution is 2.34. The Hall–Kier alpha value is -2.17. The summed E-state index contributed by atoms with van der Waals surface area (Å²) in [4.78, 5) is 22.9. The van der Waals surface area contributed by atoms with Gasteiger partial charge in [0.05, 0.1) is 11.9 Å². The van der Waals surface area contributed by atoms with Crippen LogP contribution in [0.4, 0.5) is 11.4 Å². The minimum absolute atomic E-state index is 0.0291. The molecule has 11 heteroatoms. The topological polar surface area (TPSA) is 143 Å². The van der Waals surface area contributed by atoms with Crippen molar-refractivity contribution in [1.29, 1.82) is 0 Å². The van der Waals surface area contributed by atoms with Gasteiger partial charge in [-0.2, -0.15) is 5.10 Å². The van der Waals surface area contributed by atoms with Gasteiger partial charge in [-0.05, 0) is 6.42 Å². The first-order valence-electron chi connectivity index (χ1n) is 7.56. The number of hydrogen-bond acceptors (Lipinski definition) is 10. The molecule has 4 unspecified atom stereocenters. The maximum atomic E-state index is 11.5. The first kappa shape index (κ1) is 19.2. The van der Waals surface area contributed by atoms with Crippen LogP contribution in [-0.2, 0) is 23.8 Å². The number of rotatable bonds is 5. The molecule has 10 nitrogen and oxygen atoms in total. The fraction of sp³-hybridized carbons (Fsp3) is 0.571. The van der Waals surface area contributed by atoms with E-state index >= 15 is 0 Å². The Bertz CT molecular complexity index is 660. The Morgan fingerprint density at radius 3 is 2.48 bits per heavy atom. The van der Waals surface area contributed by atoms with Crippen molar-refractivity contribution in [3.05, 3.63) is 11.3 Å². The summed E-state index contributed by atoms with van der Waals surface area (Å²) in [6.45, 7) is 4.34. The van der Waals surface area contributed by atoms with Gasteiger partial charge >= 0.3 is 11.9 Å². The third kappa shape index (κ3) is 4.09. The minimum atomic E-state index is -0.958. The zero-order valence-electron chi connectivity index (χ0n) is 14.0. The zero-order valence-corrected chi connectivity index (χ0v) is 14.8. The number of ether oxygens (including phenoxy) is 3. The normalized spacial score (nSPS) is 25.5. The summed E-state index contributed by atoms with van der Waals surface area (Å²) < 4.78 is 16.4. The molecule has 0 aromatic carbocycles. The lowest BCUT2D eigenvalue weighted by Crippen LogP contribution is -2.51. The number of aromatic nitrogens is 2. The molecule has 25 heavy (non-hydrogen) atoms. The molecule has 1 aromatic heterocycles. The fourth-order valence-electron chi connectivity index (χ4n) is 2.62. The number of hydrazine groups is 1. The van der Waals surface area contributed by atoms with Crippen LogP contribution in [0.1, 0.15) is 27.2 Å². The highest BCUT2D eigenvalue weighted by Gasteiger charge is 2.50. The smallest absolute Gasteiger partial charge is 0.303 e. The van der Waals surface area contributed by atoms with Gasteiger partial charge in [0, 0.05) is 13.8 Å². The van der Waals surface area contributed by atoms with Crippen molar-refractivity contribution in [2.24, 2.45) is 5.84 Å². The van der Waals surface area contributed by atoms with E-state index in [1.807, 2.05) is 6.92 Å². The molecule has 0 radical (unpaired) electrons. The largest absolute Gasteiger partial charge is 0.456 e. The number of carbonyl (C=O) groups is 2. The monoisotopic (exact) mass is 373 g/mol. The number of nitrogens with two attached hydrogens (primary N) is 2. The van der Waals surface area contributed by atoms with Crippen LogP contribution in [0, 0.1) is 0 Å². The van der Waals surface area contributed by atoms with E-state index in [4.69, 9.17) is 37.4 Å². The Balaban J connectivity index is 2.37. The van der Waals surface area contributed by atoms with Crippen molar-refractivity contribution >= 4 is 34.9 Å². The molecule has 0 amide bonds. The molecule has 4 atom stereocenters. The average Bonchev–Trinajstić information content (AvgIpc) is 2.86. The third-order valence-corrected chi connectivity index (χ3v) is 3.95. The van der Waals surface area contributed by atoms with Crippen LogP contribution in [0.3, 0.4) is 0 Å². The lowest BCUT2D eigenvalue weighted by atomic mass is 10.1. The van der Waals surface area contributed by atoms with E-state index in [-0.39, 0.29) is 16.5 Å². The van der Waals surface area contributed by atoms with Gasteiger partial charge in [0.2, 0.25) is 0 Å². The van der Waals surface area contributed by atoms with E-state index in [9.17, 15) is 9.59 Å². The first-order valence-corrected chi connectivity index (χ1v) is 7.94. The molecule has 0 aliphatic carbocycles. The molecular weight excluding hydrogens is 354 g/mol. The molecule has 1 fully saturated rings. The van der Waals surface area contributed by atoms with Crippen LogP contribution in [-0.4, -0.2) is 46.7 Å². The van der Waals surface area contributed by atoms with Crippen LogP contribution in [0.5, 0.6) is 0 Å². The fourth-order valence-corrected chi connectivity index (χ4v) is 2.76. The van der Waals surface area contributed by atoms with E-state index in [1.54, 1.807) is 0 Å². The standard InChI is InChI=1S/C14H20ClN5O5/c1-4-9-11(23-6(2)21)12(24-7(3)22)14(25-9)20(17)8-5-18-19-13(15)10(8)16/h5,9,11-12,14H,4,17H2,1-3H3,(H2,16,18). The average molecular weight is 374 g/mol. The van der Waals surface area contributed by atoms with Crippen molar-refractivity contribution in [3.8, 4) is 0 Å². The third-order valence-electron chi connectivity index (χ3n) is 3.67. The number of halogens is 1. The van der Waals surface area contributed by atoms with E-state index in [0.717, 1.165) is 5.01 Å². The summed E-state index contributed by atoms with van der Waals surface area (Å²) in [7, 11) is 0. The van der Waals surface area contributed by atoms with Gasteiger partial charge in [-0.1, -0.05) is 18.5 Å². The summed E-state index contributed by atoms with van der Waals surface area (Å²) in [6.07, 6.45) is -1.44. The summed E-state index contributed by atoms with van der Waals surface area (Å²) in [5.41, 5.74) is 6.20. The number of nitrogens with zero attached hydrogens (tertiary/aromatic N) is 3. The highest BCUT2D eigenvalue weighted by atomic mass is 35.5. The number of carbonyl (C=O) groups excluding carboxylic acids is 2. The molecule has 0 spiro atoms. The van der Waals surface area contributed by atoms with Crippen LogP contribution in [0.15, 0.2) is 6.20 Å². The second kappa shape index (κ2) is 7.81. The second-order valence-electron chi connectivity index (χ2n) is 5.46. The number of nitrogen functional groups attached to an aromatic ring is 1. The lowest BCUT2D eigenvalue weighted by molar-refractivity contribution is -0.164. The predicted molar refractivity (Wildman–Crippen MR) is 88.2 cm³/mol. The van der Waals surface area contributed by atoms with Gasteiger partial charge in [-0.15, -0.1) is 5.10 Å². The molecule has 4 N–H and O–H groups in total. The number of esters is 2. The summed E-state index contributed by atoms with van der Waals surface area (Å²) in [6, 6.07) is 0. The van der Waals surface area contributed by atoms with Gasteiger partial charge in [0.15, 0.2) is 23.6 Å². The van der Waals surface area contributed by atoms with Gasteiger partial charge in [0.25, 0.3) is 0 Å². The maximum Gasteiger partial charge on any atom is 0.303 e. The van der Waals surface area contributed by atoms with Crippen molar-refractivity contribution in [1.82, 2.24) is 10.2 Å². The molecule has 1 aliphatic heterocycles. The Morgan fingerprint density at radius 2 is 1.92 bits per heavy atom. The lowest BCUT2D eigenvalue weighted by Gasteiger charge is -2.30. The van der Waals surface area contributed by atoms with Crippen molar-refractivity contribution in [2.45, 2.75) is 51.7 Å². The quantitative estimate of drug-likeness (QED) is 0.422.